The number of hydrogen-bond donors (Lipinski definition) is 1. The van der Waals surface area contributed by atoms with Crippen LogP contribution in [-0.2, 0) is 14.8 Å². The van der Waals surface area contributed by atoms with Gasteiger partial charge in [0.2, 0.25) is 15.9 Å². The summed E-state index contributed by atoms with van der Waals surface area (Å²) < 4.78 is 32.3. The molecule has 1 aliphatic heterocycles. The van der Waals surface area contributed by atoms with Gasteiger partial charge in [-0.2, -0.15) is 4.31 Å². The number of amides is 1. The molecule has 1 fully saturated rings. The van der Waals surface area contributed by atoms with Crippen LogP contribution in [0.25, 0.3) is 0 Å². The highest BCUT2D eigenvalue weighted by molar-refractivity contribution is 7.89. The van der Waals surface area contributed by atoms with Gasteiger partial charge in [-0.05, 0) is 61.4 Å². The fourth-order valence-electron chi connectivity index (χ4n) is 3.41. The van der Waals surface area contributed by atoms with Crippen molar-refractivity contribution in [3.8, 4) is 5.75 Å². The van der Waals surface area contributed by atoms with Crippen molar-refractivity contribution in [1.29, 1.82) is 0 Å². The minimum atomic E-state index is -3.64. The summed E-state index contributed by atoms with van der Waals surface area (Å²) in [7, 11) is -2.07. The van der Waals surface area contributed by atoms with Gasteiger partial charge in [-0.25, -0.2) is 8.42 Å². The number of nitrogens with zero attached hydrogens (tertiary/aromatic N) is 1. The van der Waals surface area contributed by atoms with Gasteiger partial charge in [0.15, 0.2) is 5.78 Å². The zero-order valence-electron chi connectivity index (χ0n) is 16.4. The van der Waals surface area contributed by atoms with Crippen LogP contribution in [-0.4, -0.2) is 44.6 Å². The lowest BCUT2D eigenvalue weighted by atomic mass is 9.89. The number of methoxy groups -OCH3 is 1. The van der Waals surface area contributed by atoms with Crippen LogP contribution in [0, 0.1) is 5.92 Å². The standard InChI is InChI=1S/C21H24N2O5S/c1-15(24)22-18-5-9-20(10-6-18)29(26,27)23-13-11-17(12-14-23)21(25)16-3-7-19(28-2)8-4-16/h3-10,17H,11-14H2,1-2H3,(H,22,24). The third-order valence-corrected chi connectivity index (χ3v) is 6.92. The van der Waals surface area contributed by atoms with E-state index in [0.717, 1.165) is 0 Å². The zero-order valence-corrected chi connectivity index (χ0v) is 17.2. The van der Waals surface area contributed by atoms with Crippen LogP contribution in [0.15, 0.2) is 53.4 Å². The molecule has 1 aliphatic rings. The molecule has 154 valence electrons. The molecule has 0 radical (unpaired) electrons. The van der Waals surface area contributed by atoms with Crippen molar-refractivity contribution in [3.63, 3.8) is 0 Å². The van der Waals surface area contributed by atoms with Crippen molar-refractivity contribution >= 4 is 27.4 Å². The highest BCUT2D eigenvalue weighted by Crippen LogP contribution is 2.27. The average molecular weight is 416 g/mol. The number of hydrogen-bond acceptors (Lipinski definition) is 5. The number of nitrogens with one attached hydrogen (secondary N) is 1. The van der Waals surface area contributed by atoms with Gasteiger partial charge in [0.25, 0.3) is 0 Å². The average Bonchev–Trinajstić information content (AvgIpc) is 2.73. The van der Waals surface area contributed by atoms with E-state index in [1.807, 2.05) is 0 Å². The van der Waals surface area contributed by atoms with Crippen LogP contribution in [0.3, 0.4) is 0 Å². The summed E-state index contributed by atoms with van der Waals surface area (Å²) in [5.41, 5.74) is 1.15. The largest absolute Gasteiger partial charge is 0.497 e. The van der Waals surface area contributed by atoms with Gasteiger partial charge in [-0.3, -0.25) is 9.59 Å². The number of anilines is 1. The van der Waals surface area contributed by atoms with Gasteiger partial charge in [0.05, 0.1) is 12.0 Å². The third kappa shape index (κ3) is 4.83. The number of sulfonamides is 1. The molecule has 1 amide bonds. The molecule has 0 unspecified atom stereocenters. The summed E-state index contributed by atoms with van der Waals surface area (Å²) in [4.78, 5) is 24.0. The zero-order chi connectivity index (χ0) is 21.0. The molecule has 1 N–H and O–H groups in total. The van der Waals surface area contributed by atoms with Gasteiger partial charge in [-0.15, -0.1) is 0 Å². The molecule has 0 spiro atoms. The van der Waals surface area contributed by atoms with Crippen molar-refractivity contribution in [3.05, 3.63) is 54.1 Å². The van der Waals surface area contributed by atoms with Crippen LogP contribution >= 0.6 is 0 Å². The van der Waals surface area contributed by atoms with E-state index in [4.69, 9.17) is 4.74 Å². The van der Waals surface area contributed by atoms with Crippen LogP contribution < -0.4 is 10.1 Å². The Morgan fingerprint density at radius 1 is 1.00 bits per heavy atom. The Morgan fingerprint density at radius 2 is 1.59 bits per heavy atom. The Hall–Kier alpha value is -2.71. The summed E-state index contributed by atoms with van der Waals surface area (Å²) in [5, 5.41) is 2.61. The quantitative estimate of drug-likeness (QED) is 0.731. The lowest BCUT2D eigenvalue weighted by molar-refractivity contribution is -0.114. The molecule has 29 heavy (non-hydrogen) atoms. The number of ether oxygens (including phenoxy) is 1. The van der Waals surface area contributed by atoms with Crippen molar-refractivity contribution in [2.45, 2.75) is 24.7 Å². The van der Waals surface area contributed by atoms with Gasteiger partial charge >= 0.3 is 0 Å². The molecule has 0 saturated carbocycles. The number of rotatable bonds is 6. The number of benzene rings is 2. The number of ketones is 1. The molecule has 0 atom stereocenters. The van der Waals surface area contributed by atoms with Crippen LogP contribution in [0.2, 0.25) is 0 Å². The molecule has 0 bridgehead atoms. The third-order valence-electron chi connectivity index (χ3n) is 5.01. The molecule has 7 nitrogen and oxygen atoms in total. The van der Waals surface area contributed by atoms with Gasteiger partial charge in [0, 0.05) is 37.2 Å². The molecular weight excluding hydrogens is 392 g/mol. The fourth-order valence-corrected chi connectivity index (χ4v) is 4.88. The van der Waals surface area contributed by atoms with E-state index < -0.39 is 10.0 Å². The van der Waals surface area contributed by atoms with Crippen LogP contribution in [0.4, 0.5) is 5.69 Å². The van der Waals surface area contributed by atoms with Crippen molar-refractivity contribution in [2.75, 3.05) is 25.5 Å². The molecule has 2 aromatic rings. The highest BCUT2D eigenvalue weighted by Gasteiger charge is 2.32. The van der Waals surface area contributed by atoms with Crippen LogP contribution in [0.5, 0.6) is 5.75 Å². The summed E-state index contributed by atoms with van der Waals surface area (Å²) in [6, 6.07) is 13.1. The predicted molar refractivity (Wildman–Crippen MR) is 110 cm³/mol. The van der Waals surface area contributed by atoms with Gasteiger partial charge < -0.3 is 10.1 Å². The Labute approximate surface area is 170 Å². The lowest BCUT2D eigenvalue weighted by Crippen LogP contribution is -2.40. The van der Waals surface area contributed by atoms with Crippen molar-refractivity contribution in [2.24, 2.45) is 5.92 Å². The molecule has 1 heterocycles. The Bertz CT molecular complexity index is 977. The number of piperidine rings is 1. The second kappa shape index (κ2) is 8.75. The first-order valence-corrected chi connectivity index (χ1v) is 10.8. The minimum absolute atomic E-state index is 0.0318. The topological polar surface area (TPSA) is 92.8 Å². The van der Waals surface area contributed by atoms with E-state index in [2.05, 4.69) is 5.32 Å². The van der Waals surface area contributed by atoms with E-state index in [0.29, 0.717) is 42.9 Å². The maximum atomic E-state index is 12.9. The number of Topliss-reactive ketones (excluding diaryl/α,β-unsaturated/α-hetero) is 1. The Kier molecular flexibility index (Phi) is 6.34. The smallest absolute Gasteiger partial charge is 0.243 e. The molecule has 8 heteroatoms. The van der Waals surface area contributed by atoms with Crippen LogP contribution in [0.1, 0.15) is 30.1 Å². The first-order valence-electron chi connectivity index (χ1n) is 9.37. The van der Waals surface area contributed by atoms with Gasteiger partial charge in [-0.1, -0.05) is 0 Å². The first kappa shape index (κ1) is 21.0. The maximum absolute atomic E-state index is 12.9. The van der Waals surface area contributed by atoms with E-state index in [9.17, 15) is 18.0 Å². The monoisotopic (exact) mass is 416 g/mol. The second-order valence-electron chi connectivity index (χ2n) is 6.98. The van der Waals surface area contributed by atoms with Crippen molar-refractivity contribution < 1.29 is 22.7 Å². The van der Waals surface area contributed by atoms with Gasteiger partial charge in [0.1, 0.15) is 5.75 Å². The summed E-state index contributed by atoms with van der Waals surface area (Å²) >= 11 is 0. The van der Waals surface area contributed by atoms with E-state index >= 15 is 0 Å². The fraction of sp³-hybridized carbons (Fsp3) is 0.333. The lowest BCUT2D eigenvalue weighted by Gasteiger charge is -2.30. The van der Waals surface area contributed by atoms with E-state index in [-0.39, 0.29) is 22.5 Å². The Balaban J connectivity index is 1.64. The predicted octanol–water partition coefficient (Wildman–Crippen LogP) is 2.94. The summed E-state index contributed by atoms with van der Waals surface area (Å²) in [5.74, 6) is 0.303. The summed E-state index contributed by atoms with van der Waals surface area (Å²) in [6.07, 6.45) is 0.960. The van der Waals surface area contributed by atoms with E-state index in [1.54, 1.807) is 43.5 Å². The SMILES string of the molecule is COc1ccc(C(=O)C2CCN(S(=O)(=O)c3ccc(NC(C)=O)cc3)CC2)cc1. The van der Waals surface area contributed by atoms with E-state index in [1.165, 1.54) is 23.4 Å². The molecule has 0 aromatic heterocycles. The molecule has 3 rings (SSSR count). The molecular formula is C21H24N2O5S. The maximum Gasteiger partial charge on any atom is 0.243 e. The molecule has 0 aliphatic carbocycles. The molecule has 2 aromatic carbocycles. The second-order valence-corrected chi connectivity index (χ2v) is 8.91. The molecule has 1 saturated heterocycles. The number of carbonyl (C=O) groups excluding carboxylic acids is 2. The minimum Gasteiger partial charge on any atom is -0.497 e. The van der Waals surface area contributed by atoms with Crippen molar-refractivity contribution in [1.82, 2.24) is 4.31 Å². The Morgan fingerprint density at radius 3 is 2.10 bits per heavy atom. The normalized spacial score (nSPS) is 15.7. The highest BCUT2D eigenvalue weighted by atomic mass is 32.2. The first-order chi connectivity index (χ1) is 13.8. The number of carbonyl (C=O) groups is 2. The summed E-state index contributed by atoms with van der Waals surface area (Å²) in [6.45, 7) is 1.98.